The Labute approximate surface area is 231 Å². The summed E-state index contributed by atoms with van der Waals surface area (Å²) in [6.07, 6.45) is 1.60. The van der Waals surface area contributed by atoms with Gasteiger partial charge in [0.2, 0.25) is 11.8 Å². The third-order valence-electron chi connectivity index (χ3n) is 5.94. The van der Waals surface area contributed by atoms with Gasteiger partial charge in [0.1, 0.15) is 6.04 Å². The largest absolute Gasteiger partial charge is 0.352 e. The molecular formula is C29H32BrClN2O2S. The fourth-order valence-corrected chi connectivity index (χ4v) is 4.94. The van der Waals surface area contributed by atoms with Crippen molar-refractivity contribution in [1.82, 2.24) is 10.2 Å². The molecular weight excluding hydrogens is 556 g/mol. The molecule has 0 saturated heterocycles. The zero-order valence-electron chi connectivity index (χ0n) is 20.6. The Hall–Kier alpha value is -2.28. The van der Waals surface area contributed by atoms with Gasteiger partial charge >= 0.3 is 0 Å². The number of carbonyl (C=O) groups is 2. The number of thioether (sulfide) groups is 1. The van der Waals surface area contributed by atoms with Crippen molar-refractivity contribution in [3.63, 3.8) is 0 Å². The van der Waals surface area contributed by atoms with Crippen LogP contribution in [0.15, 0.2) is 88.2 Å². The van der Waals surface area contributed by atoms with Gasteiger partial charge in [-0.1, -0.05) is 76.9 Å². The molecule has 7 heteroatoms. The molecule has 0 fully saturated rings. The van der Waals surface area contributed by atoms with Crippen LogP contribution in [0.3, 0.4) is 0 Å². The maximum absolute atomic E-state index is 13.7. The van der Waals surface area contributed by atoms with E-state index in [-0.39, 0.29) is 17.9 Å². The third kappa shape index (κ3) is 8.99. The van der Waals surface area contributed by atoms with E-state index in [0.29, 0.717) is 30.2 Å². The zero-order valence-corrected chi connectivity index (χ0v) is 23.8. The summed E-state index contributed by atoms with van der Waals surface area (Å²) >= 11 is 11.1. The number of benzene rings is 3. The Kier molecular flexibility index (Phi) is 11.4. The Morgan fingerprint density at radius 3 is 2.28 bits per heavy atom. The van der Waals surface area contributed by atoms with E-state index in [9.17, 15) is 9.59 Å². The molecule has 1 N–H and O–H groups in total. The Morgan fingerprint density at radius 2 is 1.64 bits per heavy atom. The van der Waals surface area contributed by atoms with Gasteiger partial charge in [-0.15, -0.1) is 11.8 Å². The molecule has 0 bridgehead atoms. The minimum absolute atomic E-state index is 0.0286. The lowest BCUT2D eigenvalue weighted by atomic mass is 10.0. The van der Waals surface area contributed by atoms with Crippen LogP contribution >= 0.6 is 39.3 Å². The Morgan fingerprint density at radius 1 is 0.972 bits per heavy atom. The van der Waals surface area contributed by atoms with E-state index in [1.54, 1.807) is 16.7 Å². The molecule has 0 saturated carbocycles. The van der Waals surface area contributed by atoms with Crippen LogP contribution in [0, 0.1) is 0 Å². The lowest BCUT2D eigenvalue weighted by Gasteiger charge is -2.32. The number of nitrogens with zero attached hydrogens (tertiary/aromatic N) is 1. The second kappa shape index (κ2) is 14.5. The normalized spacial score (nSPS) is 12.6. The summed E-state index contributed by atoms with van der Waals surface area (Å²) in [4.78, 5) is 30.0. The van der Waals surface area contributed by atoms with Crippen molar-refractivity contribution in [2.45, 2.75) is 56.6 Å². The molecule has 0 aliphatic rings. The van der Waals surface area contributed by atoms with E-state index in [4.69, 9.17) is 11.6 Å². The molecule has 0 unspecified atom stereocenters. The molecule has 0 aliphatic carbocycles. The Bertz CT molecular complexity index is 1110. The Balaban J connectivity index is 1.84. The van der Waals surface area contributed by atoms with Crippen LogP contribution in [-0.2, 0) is 22.6 Å². The first-order chi connectivity index (χ1) is 17.4. The first-order valence-corrected chi connectivity index (χ1v) is 14.3. The molecule has 0 aromatic heterocycles. The molecule has 2 atom stereocenters. The van der Waals surface area contributed by atoms with Crippen LogP contribution in [0.25, 0.3) is 0 Å². The van der Waals surface area contributed by atoms with Gasteiger partial charge in [0.05, 0.1) is 0 Å². The van der Waals surface area contributed by atoms with Crippen LogP contribution in [0.4, 0.5) is 0 Å². The molecule has 2 amide bonds. The van der Waals surface area contributed by atoms with Crippen molar-refractivity contribution in [3.8, 4) is 0 Å². The highest BCUT2D eigenvalue weighted by Crippen LogP contribution is 2.23. The summed E-state index contributed by atoms with van der Waals surface area (Å²) in [7, 11) is 0. The molecule has 3 rings (SSSR count). The van der Waals surface area contributed by atoms with E-state index >= 15 is 0 Å². The number of nitrogens with one attached hydrogen (secondary N) is 1. The topological polar surface area (TPSA) is 49.4 Å². The molecule has 3 aromatic rings. The molecule has 3 aromatic carbocycles. The summed E-state index contributed by atoms with van der Waals surface area (Å²) in [5.41, 5.74) is 2.00. The van der Waals surface area contributed by atoms with Gasteiger partial charge in [0, 0.05) is 45.6 Å². The van der Waals surface area contributed by atoms with Crippen molar-refractivity contribution >= 4 is 51.1 Å². The SMILES string of the molecule is CC[C@@H](C)NC(=O)[C@@H](Cc1ccccc1)N(Cc1ccc(Br)cc1)C(=O)CCSc1ccc(Cl)cc1. The average Bonchev–Trinajstić information content (AvgIpc) is 2.88. The number of hydrogen-bond acceptors (Lipinski definition) is 3. The van der Waals surface area contributed by atoms with E-state index in [1.165, 1.54) is 0 Å². The van der Waals surface area contributed by atoms with E-state index in [1.807, 2.05) is 92.7 Å². The summed E-state index contributed by atoms with van der Waals surface area (Å²) in [6, 6.07) is 24.8. The fraction of sp³-hybridized carbons (Fsp3) is 0.310. The van der Waals surface area contributed by atoms with Crippen molar-refractivity contribution in [1.29, 1.82) is 0 Å². The minimum atomic E-state index is -0.613. The number of hydrogen-bond donors (Lipinski definition) is 1. The number of halogens is 2. The second-order valence-corrected chi connectivity index (χ2v) is 11.2. The molecule has 4 nitrogen and oxygen atoms in total. The van der Waals surface area contributed by atoms with Gasteiger partial charge < -0.3 is 10.2 Å². The van der Waals surface area contributed by atoms with E-state index in [0.717, 1.165) is 26.9 Å². The molecule has 0 radical (unpaired) electrons. The fourth-order valence-electron chi connectivity index (χ4n) is 3.71. The quantitative estimate of drug-likeness (QED) is 0.229. The molecule has 36 heavy (non-hydrogen) atoms. The van der Waals surface area contributed by atoms with Crippen LogP contribution in [0.2, 0.25) is 5.02 Å². The first kappa shape index (κ1) is 28.3. The first-order valence-electron chi connectivity index (χ1n) is 12.1. The predicted octanol–water partition coefficient (Wildman–Crippen LogP) is 7.14. The van der Waals surface area contributed by atoms with Gasteiger partial charge in [-0.3, -0.25) is 9.59 Å². The highest BCUT2D eigenvalue weighted by molar-refractivity contribution is 9.10. The van der Waals surface area contributed by atoms with Gasteiger partial charge in [-0.2, -0.15) is 0 Å². The van der Waals surface area contributed by atoms with Crippen LogP contribution in [0.1, 0.15) is 37.8 Å². The van der Waals surface area contributed by atoms with Crippen LogP contribution in [0.5, 0.6) is 0 Å². The van der Waals surface area contributed by atoms with E-state index < -0.39 is 6.04 Å². The zero-order chi connectivity index (χ0) is 25.9. The van der Waals surface area contributed by atoms with Crippen molar-refractivity contribution in [2.24, 2.45) is 0 Å². The highest BCUT2D eigenvalue weighted by atomic mass is 79.9. The maximum atomic E-state index is 13.7. The summed E-state index contributed by atoms with van der Waals surface area (Å²) in [5, 5.41) is 3.80. The van der Waals surface area contributed by atoms with Crippen LogP contribution < -0.4 is 5.32 Å². The lowest BCUT2D eigenvalue weighted by molar-refractivity contribution is -0.141. The summed E-state index contributed by atoms with van der Waals surface area (Å²) in [6.45, 7) is 4.39. The third-order valence-corrected chi connectivity index (χ3v) is 7.73. The minimum Gasteiger partial charge on any atom is -0.352 e. The molecule has 0 heterocycles. The van der Waals surface area contributed by atoms with Crippen molar-refractivity contribution in [3.05, 3.63) is 99.5 Å². The van der Waals surface area contributed by atoms with Gasteiger partial charge in [-0.25, -0.2) is 0 Å². The van der Waals surface area contributed by atoms with Crippen molar-refractivity contribution in [2.75, 3.05) is 5.75 Å². The maximum Gasteiger partial charge on any atom is 0.243 e. The van der Waals surface area contributed by atoms with E-state index in [2.05, 4.69) is 21.2 Å². The smallest absolute Gasteiger partial charge is 0.243 e. The number of rotatable bonds is 12. The monoisotopic (exact) mass is 586 g/mol. The van der Waals surface area contributed by atoms with Gasteiger partial charge in [0.15, 0.2) is 0 Å². The molecule has 0 spiro atoms. The lowest BCUT2D eigenvalue weighted by Crippen LogP contribution is -2.52. The standard InChI is InChI=1S/C29H32BrClN2O2S/c1-3-21(2)32-29(35)27(19-22-7-5-4-6-8-22)33(20-23-9-11-24(30)12-10-23)28(34)17-18-36-26-15-13-25(31)14-16-26/h4-16,21,27H,3,17-20H2,1-2H3,(H,32,35)/t21-,27-/m1/s1. The average molecular weight is 588 g/mol. The van der Waals surface area contributed by atoms with Crippen molar-refractivity contribution < 1.29 is 9.59 Å². The molecule has 190 valence electrons. The number of amides is 2. The van der Waals surface area contributed by atoms with Gasteiger partial charge in [-0.05, 0) is 60.9 Å². The highest BCUT2D eigenvalue weighted by Gasteiger charge is 2.30. The molecule has 0 aliphatic heterocycles. The summed E-state index contributed by atoms with van der Waals surface area (Å²) < 4.78 is 0.971. The van der Waals surface area contributed by atoms with Crippen LogP contribution in [-0.4, -0.2) is 34.6 Å². The number of carbonyl (C=O) groups excluding carboxylic acids is 2. The second-order valence-electron chi connectivity index (χ2n) is 8.72. The summed E-state index contributed by atoms with van der Waals surface area (Å²) in [5.74, 6) is 0.450. The predicted molar refractivity (Wildman–Crippen MR) is 153 cm³/mol. The van der Waals surface area contributed by atoms with Gasteiger partial charge in [0.25, 0.3) is 0 Å².